The summed E-state index contributed by atoms with van der Waals surface area (Å²) in [6, 6.07) is 7.98. The lowest BCUT2D eigenvalue weighted by Crippen LogP contribution is -2.44. The van der Waals surface area contributed by atoms with Gasteiger partial charge in [0, 0.05) is 68.9 Å². The number of rotatable bonds is 4. The van der Waals surface area contributed by atoms with Crippen LogP contribution >= 0.6 is 0 Å². The van der Waals surface area contributed by atoms with Gasteiger partial charge in [0.1, 0.15) is 0 Å². The van der Waals surface area contributed by atoms with E-state index in [4.69, 9.17) is 4.84 Å². The van der Waals surface area contributed by atoms with Gasteiger partial charge in [0.2, 0.25) is 0 Å². The van der Waals surface area contributed by atoms with E-state index in [1.165, 1.54) is 11.3 Å². The Balaban J connectivity index is 0.000000156. The molecular weight excluding hydrogens is 482 g/mol. The molecule has 6 rings (SSSR count). The van der Waals surface area contributed by atoms with E-state index in [0.717, 1.165) is 40.5 Å². The standard InChI is InChI=1S/C15H19N3O2.C13H16N4O/c1-3-7-20-18-9-11-8-12(19)10-17(2)14(11)13-5-4-6-16-15(13)18;1-14-17-7-9-6-10(18)8-16(2)12(9)11-4-3-5-15-13(11)17/h4-6H,3,7-10H2,1-2H3;3-5,14H,6-8H2,1-2H3. The van der Waals surface area contributed by atoms with Crippen molar-refractivity contribution in [3.05, 3.63) is 58.9 Å². The molecule has 200 valence electrons. The highest BCUT2D eigenvalue weighted by Gasteiger charge is 2.33. The monoisotopic (exact) mass is 517 g/mol. The zero-order valence-corrected chi connectivity index (χ0v) is 22.5. The fourth-order valence-corrected chi connectivity index (χ4v) is 5.62. The first-order valence-corrected chi connectivity index (χ1v) is 13.1. The first-order chi connectivity index (χ1) is 18.4. The number of pyridine rings is 2. The number of hydroxylamine groups is 1. The first kappa shape index (κ1) is 25.9. The number of nitrogens with one attached hydrogen (secondary N) is 1. The molecule has 0 spiro atoms. The lowest BCUT2D eigenvalue weighted by atomic mass is 9.94. The van der Waals surface area contributed by atoms with E-state index in [-0.39, 0.29) is 11.6 Å². The topological polar surface area (TPSA) is 94.1 Å². The number of Topliss-reactive ketones (excluding diaryl/α,β-unsaturated/α-hetero) is 2. The van der Waals surface area contributed by atoms with Gasteiger partial charge in [-0.05, 0) is 41.8 Å². The molecule has 10 nitrogen and oxygen atoms in total. The van der Waals surface area contributed by atoms with E-state index in [2.05, 4.69) is 28.4 Å². The van der Waals surface area contributed by atoms with Crippen molar-refractivity contribution < 1.29 is 14.4 Å². The van der Waals surface area contributed by atoms with E-state index in [1.54, 1.807) is 12.4 Å². The van der Waals surface area contributed by atoms with Crippen LogP contribution in [0.25, 0.3) is 11.4 Å². The second-order valence-corrected chi connectivity index (χ2v) is 9.98. The molecule has 0 aromatic carbocycles. The molecule has 6 heterocycles. The van der Waals surface area contributed by atoms with Crippen LogP contribution in [-0.4, -0.2) is 85.3 Å². The minimum atomic E-state index is 0.258. The van der Waals surface area contributed by atoms with Crippen molar-refractivity contribution in [1.82, 2.24) is 25.2 Å². The summed E-state index contributed by atoms with van der Waals surface area (Å²) in [5, 5.41) is 3.81. The Morgan fingerprint density at radius 3 is 1.97 bits per heavy atom. The molecule has 0 saturated heterocycles. The van der Waals surface area contributed by atoms with Gasteiger partial charge in [0.05, 0.1) is 32.8 Å². The maximum atomic E-state index is 11.8. The molecule has 10 heteroatoms. The van der Waals surface area contributed by atoms with Crippen molar-refractivity contribution in [2.24, 2.45) is 0 Å². The van der Waals surface area contributed by atoms with Crippen molar-refractivity contribution in [2.45, 2.75) is 26.2 Å². The van der Waals surface area contributed by atoms with Gasteiger partial charge in [-0.3, -0.25) is 19.4 Å². The number of carbonyl (C=O) groups is 2. The van der Waals surface area contributed by atoms with Crippen LogP contribution in [0.1, 0.15) is 37.3 Å². The Hall–Kier alpha value is -3.76. The molecule has 4 aliphatic heterocycles. The van der Waals surface area contributed by atoms with Gasteiger partial charge in [-0.1, -0.05) is 6.92 Å². The highest BCUT2D eigenvalue weighted by atomic mass is 16.7. The van der Waals surface area contributed by atoms with Crippen molar-refractivity contribution >= 4 is 34.6 Å². The zero-order chi connectivity index (χ0) is 26.8. The van der Waals surface area contributed by atoms with Crippen LogP contribution in [-0.2, 0) is 14.4 Å². The smallest absolute Gasteiger partial charge is 0.162 e. The summed E-state index contributed by atoms with van der Waals surface area (Å²) in [4.78, 5) is 42.3. The zero-order valence-electron chi connectivity index (χ0n) is 22.5. The minimum Gasteiger partial charge on any atom is -0.367 e. The number of nitrogens with zero attached hydrogens (tertiary/aromatic N) is 6. The average Bonchev–Trinajstić information content (AvgIpc) is 2.90. The summed E-state index contributed by atoms with van der Waals surface area (Å²) < 4.78 is 0. The molecule has 0 fully saturated rings. The molecule has 2 aromatic rings. The fourth-order valence-electron chi connectivity index (χ4n) is 5.62. The van der Waals surface area contributed by atoms with Crippen LogP contribution in [0.3, 0.4) is 0 Å². The summed E-state index contributed by atoms with van der Waals surface area (Å²) in [6.07, 6.45) is 5.58. The molecule has 0 unspecified atom stereocenters. The molecule has 2 aromatic heterocycles. The molecule has 0 atom stereocenters. The Labute approximate surface area is 223 Å². The van der Waals surface area contributed by atoms with Crippen LogP contribution in [0.5, 0.6) is 0 Å². The molecule has 0 radical (unpaired) electrons. The number of carbonyl (C=O) groups excluding carboxylic acids is 2. The predicted octanol–water partition coefficient (Wildman–Crippen LogP) is 2.51. The largest absolute Gasteiger partial charge is 0.367 e. The lowest BCUT2D eigenvalue weighted by Gasteiger charge is -2.38. The quantitative estimate of drug-likeness (QED) is 0.652. The summed E-state index contributed by atoms with van der Waals surface area (Å²) in [5.74, 6) is 2.31. The van der Waals surface area contributed by atoms with Crippen LogP contribution in [0, 0.1) is 0 Å². The Morgan fingerprint density at radius 2 is 1.39 bits per heavy atom. The highest BCUT2D eigenvalue weighted by Crippen LogP contribution is 2.38. The Morgan fingerprint density at radius 1 is 0.842 bits per heavy atom. The second-order valence-electron chi connectivity index (χ2n) is 9.98. The number of anilines is 2. The average molecular weight is 518 g/mol. The van der Waals surface area contributed by atoms with Gasteiger partial charge in [0.15, 0.2) is 23.2 Å². The number of likely N-dealkylation sites (N-methyl/N-ethyl adjacent to an activating group) is 2. The molecule has 4 aliphatic rings. The lowest BCUT2D eigenvalue weighted by molar-refractivity contribution is -0.120. The molecular formula is C28H35N7O3. The SMILES string of the molecule is CCCON1CC2=C(c3cccnc31)N(C)CC(=O)C2.CNN1CC2=C(c3cccnc31)N(C)CC(=O)C2. The minimum absolute atomic E-state index is 0.258. The third-order valence-electron chi connectivity index (χ3n) is 7.06. The van der Waals surface area contributed by atoms with E-state index in [0.29, 0.717) is 45.6 Å². The van der Waals surface area contributed by atoms with Gasteiger partial charge in [-0.15, -0.1) is 0 Å². The van der Waals surface area contributed by atoms with Gasteiger partial charge in [0.25, 0.3) is 0 Å². The fraction of sp³-hybridized carbons (Fsp3) is 0.429. The number of aromatic nitrogens is 2. The molecule has 0 bridgehead atoms. The van der Waals surface area contributed by atoms with E-state index in [9.17, 15) is 9.59 Å². The predicted molar refractivity (Wildman–Crippen MR) is 147 cm³/mol. The number of hydrogen-bond donors (Lipinski definition) is 1. The van der Waals surface area contributed by atoms with Crippen molar-refractivity contribution in [1.29, 1.82) is 0 Å². The third-order valence-corrected chi connectivity index (χ3v) is 7.06. The van der Waals surface area contributed by atoms with Gasteiger partial charge >= 0.3 is 0 Å². The van der Waals surface area contributed by atoms with E-state index in [1.807, 2.05) is 59.2 Å². The molecule has 0 saturated carbocycles. The Kier molecular flexibility index (Phi) is 7.44. The molecule has 38 heavy (non-hydrogen) atoms. The van der Waals surface area contributed by atoms with Gasteiger partial charge in [-0.2, -0.15) is 0 Å². The second kappa shape index (κ2) is 10.9. The Bertz CT molecular complexity index is 1300. The maximum absolute atomic E-state index is 11.8. The van der Waals surface area contributed by atoms with Gasteiger partial charge in [-0.25, -0.2) is 20.5 Å². The third kappa shape index (κ3) is 4.89. The summed E-state index contributed by atoms with van der Waals surface area (Å²) in [5.41, 5.74) is 9.89. The van der Waals surface area contributed by atoms with E-state index >= 15 is 0 Å². The van der Waals surface area contributed by atoms with Gasteiger partial charge < -0.3 is 9.80 Å². The first-order valence-electron chi connectivity index (χ1n) is 13.1. The van der Waals surface area contributed by atoms with Crippen LogP contribution in [0.2, 0.25) is 0 Å². The molecule has 0 amide bonds. The van der Waals surface area contributed by atoms with Crippen molar-refractivity contribution in [3.63, 3.8) is 0 Å². The molecule has 1 N–H and O–H groups in total. The number of hydrogen-bond acceptors (Lipinski definition) is 10. The number of fused-ring (bicyclic) bond motifs is 4. The summed E-state index contributed by atoms with van der Waals surface area (Å²) in [7, 11) is 5.81. The summed E-state index contributed by atoms with van der Waals surface area (Å²) >= 11 is 0. The van der Waals surface area contributed by atoms with Crippen LogP contribution < -0.4 is 15.5 Å². The maximum Gasteiger partial charge on any atom is 0.162 e. The number of hydrazine groups is 1. The number of ketones is 2. The molecule has 0 aliphatic carbocycles. The van der Waals surface area contributed by atoms with Crippen LogP contribution in [0.15, 0.2) is 47.8 Å². The summed E-state index contributed by atoms with van der Waals surface area (Å²) in [6.45, 7) is 5.03. The normalized spacial score (nSPS) is 18.5. The van der Waals surface area contributed by atoms with Crippen LogP contribution in [0.4, 0.5) is 11.6 Å². The van der Waals surface area contributed by atoms with E-state index < -0.39 is 0 Å². The highest BCUT2D eigenvalue weighted by molar-refractivity contribution is 5.93. The van der Waals surface area contributed by atoms with Crippen molar-refractivity contribution in [3.8, 4) is 0 Å². The van der Waals surface area contributed by atoms with Crippen molar-refractivity contribution in [2.75, 3.05) is 64.0 Å².